The number of rotatable bonds is 3. The van der Waals surface area contributed by atoms with Gasteiger partial charge in [0.2, 0.25) is 5.91 Å². The van der Waals surface area contributed by atoms with Crippen LogP contribution in [0.4, 0.5) is 5.69 Å². The zero-order valence-corrected chi connectivity index (χ0v) is 11.8. The summed E-state index contributed by atoms with van der Waals surface area (Å²) in [7, 11) is 1.59. The number of nitrogens with one attached hydrogen (secondary N) is 1. The number of amides is 1. The summed E-state index contributed by atoms with van der Waals surface area (Å²) in [5.74, 6) is 1.29. The summed E-state index contributed by atoms with van der Waals surface area (Å²) >= 11 is 0. The molecule has 2 aromatic rings. The molecule has 0 fully saturated rings. The Morgan fingerprint density at radius 2 is 1.95 bits per heavy atom. The number of hydrogen-bond acceptors (Lipinski definition) is 3. The second-order valence-corrected chi connectivity index (χ2v) is 5.01. The molecular weight excluding hydrogens is 266 g/mol. The molecule has 1 heterocycles. The van der Waals surface area contributed by atoms with E-state index >= 15 is 0 Å². The molecular formula is C17H17NO3. The molecule has 1 aliphatic rings. The number of carbonyl (C=O) groups is 1. The Hall–Kier alpha value is -2.49. The van der Waals surface area contributed by atoms with Crippen LogP contribution in [0.2, 0.25) is 0 Å². The van der Waals surface area contributed by atoms with Crippen molar-refractivity contribution in [3.8, 4) is 11.5 Å². The Morgan fingerprint density at radius 1 is 1.19 bits per heavy atom. The molecule has 1 amide bonds. The number of methoxy groups -OCH3 is 1. The van der Waals surface area contributed by atoms with E-state index < -0.39 is 0 Å². The molecule has 2 aromatic carbocycles. The zero-order valence-electron chi connectivity index (χ0n) is 11.8. The normalized spacial score (nSPS) is 16.5. The predicted octanol–water partition coefficient (Wildman–Crippen LogP) is 2.89. The van der Waals surface area contributed by atoms with Crippen molar-refractivity contribution in [2.45, 2.75) is 6.42 Å². The van der Waals surface area contributed by atoms with Crippen LogP contribution < -0.4 is 14.8 Å². The Morgan fingerprint density at radius 3 is 2.81 bits per heavy atom. The quantitative estimate of drug-likeness (QED) is 0.942. The fourth-order valence-corrected chi connectivity index (χ4v) is 2.48. The SMILES string of the molecule is COc1ccccc1NC(=O)C1COc2ccccc2C1. The molecule has 1 aliphatic heterocycles. The molecule has 0 aliphatic carbocycles. The van der Waals surface area contributed by atoms with Gasteiger partial charge in [-0.15, -0.1) is 0 Å². The molecule has 108 valence electrons. The molecule has 0 aromatic heterocycles. The standard InChI is InChI=1S/C17H17NO3/c1-20-16-9-5-3-7-14(16)18-17(19)13-10-12-6-2-4-8-15(12)21-11-13/h2-9,13H,10-11H2,1H3,(H,18,19). The Kier molecular flexibility index (Phi) is 3.77. The van der Waals surface area contributed by atoms with Crippen LogP contribution in [0.5, 0.6) is 11.5 Å². The van der Waals surface area contributed by atoms with Crippen LogP contribution in [0, 0.1) is 5.92 Å². The van der Waals surface area contributed by atoms with Gasteiger partial charge in [0, 0.05) is 0 Å². The van der Waals surface area contributed by atoms with E-state index in [1.807, 2.05) is 48.5 Å². The van der Waals surface area contributed by atoms with Gasteiger partial charge >= 0.3 is 0 Å². The minimum absolute atomic E-state index is 0.0472. The minimum atomic E-state index is -0.190. The Labute approximate surface area is 123 Å². The highest BCUT2D eigenvalue weighted by atomic mass is 16.5. The van der Waals surface area contributed by atoms with Gasteiger partial charge in [-0.3, -0.25) is 4.79 Å². The van der Waals surface area contributed by atoms with Gasteiger partial charge in [0.15, 0.2) is 0 Å². The van der Waals surface area contributed by atoms with Crippen LogP contribution in [-0.4, -0.2) is 19.6 Å². The van der Waals surface area contributed by atoms with Gasteiger partial charge in [0.05, 0.1) is 18.7 Å². The molecule has 3 rings (SSSR count). The molecule has 0 saturated heterocycles. The monoisotopic (exact) mass is 283 g/mol. The third-order valence-corrected chi connectivity index (χ3v) is 3.61. The lowest BCUT2D eigenvalue weighted by Crippen LogP contribution is -2.32. The molecule has 0 bridgehead atoms. The van der Waals surface area contributed by atoms with Crippen molar-refractivity contribution < 1.29 is 14.3 Å². The van der Waals surface area contributed by atoms with Gasteiger partial charge < -0.3 is 14.8 Å². The third-order valence-electron chi connectivity index (χ3n) is 3.61. The molecule has 1 atom stereocenters. The van der Waals surface area contributed by atoms with E-state index in [-0.39, 0.29) is 11.8 Å². The maximum Gasteiger partial charge on any atom is 0.231 e. The highest BCUT2D eigenvalue weighted by molar-refractivity contribution is 5.94. The maximum atomic E-state index is 12.4. The first-order valence-electron chi connectivity index (χ1n) is 6.92. The molecule has 4 nitrogen and oxygen atoms in total. The van der Waals surface area contributed by atoms with Crippen LogP contribution in [0.3, 0.4) is 0 Å². The van der Waals surface area contributed by atoms with Crippen LogP contribution in [-0.2, 0) is 11.2 Å². The Bertz CT molecular complexity index is 654. The van der Waals surface area contributed by atoms with E-state index in [2.05, 4.69) is 5.32 Å². The van der Waals surface area contributed by atoms with E-state index in [1.54, 1.807) is 7.11 Å². The number of anilines is 1. The van der Waals surface area contributed by atoms with Crippen LogP contribution in [0.25, 0.3) is 0 Å². The highest BCUT2D eigenvalue weighted by Gasteiger charge is 2.26. The predicted molar refractivity (Wildman–Crippen MR) is 80.8 cm³/mol. The summed E-state index contributed by atoms with van der Waals surface area (Å²) in [6.45, 7) is 0.401. The van der Waals surface area contributed by atoms with E-state index in [0.29, 0.717) is 24.5 Å². The second kappa shape index (κ2) is 5.87. The lowest BCUT2D eigenvalue weighted by atomic mass is 9.96. The number of carbonyl (C=O) groups excluding carboxylic acids is 1. The van der Waals surface area contributed by atoms with Crippen molar-refractivity contribution >= 4 is 11.6 Å². The number of fused-ring (bicyclic) bond motifs is 1. The molecule has 21 heavy (non-hydrogen) atoms. The molecule has 0 radical (unpaired) electrons. The van der Waals surface area contributed by atoms with Crippen molar-refractivity contribution in [1.29, 1.82) is 0 Å². The highest BCUT2D eigenvalue weighted by Crippen LogP contribution is 2.29. The van der Waals surface area contributed by atoms with Gasteiger partial charge in [-0.2, -0.15) is 0 Å². The topological polar surface area (TPSA) is 47.6 Å². The van der Waals surface area contributed by atoms with Gasteiger partial charge in [-0.05, 0) is 30.2 Å². The summed E-state index contributed by atoms with van der Waals surface area (Å²) in [5.41, 5.74) is 1.76. The number of ether oxygens (including phenoxy) is 2. The Balaban J connectivity index is 1.72. The molecule has 4 heteroatoms. The van der Waals surface area contributed by atoms with E-state index in [9.17, 15) is 4.79 Å². The van der Waals surface area contributed by atoms with Gasteiger partial charge in [0.25, 0.3) is 0 Å². The molecule has 0 saturated carbocycles. The first-order chi connectivity index (χ1) is 10.3. The minimum Gasteiger partial charge on any atom is -0.495 e. The first-order valence-corrected chi connectivity index (χ1v) is 6.92. The van der Waals surface area contributed by atoms with Crippen molar-refractivity contribution in [2.75, 3.05) is 19.0 Å². The maximum absolute atomic E-state index is 12.4. The number of hydrogen-bond donors (Lipinski definition) is 1. The molecule has 0 spiro atoms. The fourth-order valence-electron chi connectivity index (χ4n) is 2.48. The molecule has 1 unspecified atom stereocenters. The van der Waals surface area contributed by atoms with Gasteiger partial charge in [-0.1, -0.05) is 30.3 Å². The summed E-state index contributed by atoms with van der Waals surface area (Å²) in [6, 6.07) is 15.2. The van der Waals surface area contributed by atoms with Crippen molar-refractivity contribution in [3.63, 3.8) is 0 Å². The first kappa shape index (κ1) is 13.5. The summed E-state index contributed by atoms with van der Waals surface area (Å²) in [4.78, 5) is 12.4. The lowest BCUT2D eigenvalue weighted by Gasteiger charge is -2.24. The number of para-hydroxylation sites is 3. The van der Waals surface area contributed by atoms with Crippen LogP contribution in [0.1, 0.15) is 5.56 Å². The lowest BCUT2D eigenvalue weighted by molar-refractivity contribution is -0.121. The van der Waals surface area contributed by atoms with E-state index in [4.69, 9.17) is 9.47 Å². The van der Waals surface area contributed by atoms with Crippen LogP contribution >= 0.6 is 0 Å². The van der Waals surface area contributed by atoms with Crippen molar-refractivity contribution in [1.82, 2.24) is 0 Å². The fraction of sp³-hybridized carbons (Fsp3) is 0.235. The van der Waals surface area contributed by atoms with Crippen molar-refractivity contribution in [3.05, 3.63) is 54.1 Å². The van der Waals surface area contributed by atoms with E-state index in [0.717, 1.165) is 11.3 Å². The van der Waals surface area contributed by atoms with E-state index in [1.165, 1.54) is 0 Å². The molecule has 1 N–H and O–H groups in total. The summed E-state index contributed by atoms with van der Waals surface area (Å²) in [5, 5.41) is 2.92. The largest absolute Gasteiger partial charge is 0.495 e. The van der Waals surface area contributed by atoms with Gasteiger partial charge in [-0.25, -0.2) is 0 Å². The van der Waals surface area contributed by atoms with Crippen molar-refractivity contribution in [2.24, 2.45) is 5.92 Å². The average Bonchev–Trinajstić information content (AvgIpc) is 2.55. The smallest absolute Gasteiger partial charge is 0.231 e. The second-order valence-electron chi connectivity index (χ2n) is 5.01. The van der Waals surface area contributed by atoms with Gasteiger partial charge in [0.1, 0.15) is 18.1 Å². The number of benzene rings is 2. The summed E-state index contributed by atoms with van der Waals surface area (Å²) < 4.78 is 10.9. The summed E-state index contributed by atoms with van der Waals surface area (Å²) in [6.07, 6.45) is 0.692. The average molecular weight is 283 g/mol. The zero-order chi connectivity index (χ0) is 14.7. The van der Waals surface area contributed by atoms with Crippen LogP contribution in [0.15, 0.2) is 48.5 Å². The third kappa shape index (κ3) is 2.84.